The van der Waals surface area contributed by atoms with Gasteiger partial charge in [-0.1, -0.05) is 25.3 Å². The first-order chi connectivity index (χ1) is 22.1. The average Bonchev–Trinajstić information content (AvgIpc) is 3.56. The molecule has 260 valence electrons. The van der Waals surface area contributed by atoms with E-state index in [1.165, 1.54) is 0 Å². The Kier molecular flexibility index (Phi) is 10.9. The molecule has 10 heteroatoms. The molecule has 46 heavy (non-hydrogen) atoms. The van der Waals surface area contributed by atoms with Crippen LogP contribution in [0.4, 0.5) is 0 Å². The van der Waals surface area contributed by atoms with E-state index in [0.717, 1.165) is 76.3 Å². The van der Waals surface area contributed by atoms with Gasteiger partial charge in [-0.3, -0.25) is 4.79 Å². The van der Waals surface area contributed by atoms with Crippen LogP contribution in [0.15, 0.2) is 11.6 Å². The van der Waals surface area contributed by atoms with Gasteiger partial charge in [0.2, 0.25) is 0 Å². The Hall–Kier alpha value is -1.40. The fourth-order valence-corrected chi connectivity index (χ4v) is 10.1. The molecule has 6 N–H and O–H groups in total. The number of ether oxygens (including phenoxy) is 3. The number of Topliss-reactive ketones (excluding diaryl/α,β-unsaturated/α-hetero) is 1. The van der Waals surface area contributed by atoms with Crippen LogP contribution in [0.2, 0.25) is 0 Å². The van der Waals surface area contributed by atoms with Crippen LogP contribution < -0.4 is 11.1 Å². The van der Waals surface area contributed by atoms with Gasteiger partial charge in [-0.2, -0.15) is 0 Å². The van der Waals surface area contributed by atoms with Crippen molar-refractivity contribution in [2.24, 2.45) is 41.2 Å². The molecule has 6 fully saturated rings. The average molecular weight is 647 g/mol. The van der Waals surface area contributed by atoms with Crippen molar-refractivity contribution >= 4 is 11.8 Å². The van der Waals surface area contributed by atoms with Gasteiger partial charge in [0, 0.05) is 23.8 Å². The van der Waals surface area contributed by atoms with E-state index < -0.39 is 54.1 Å². The quantitative estimate of drug-likeness (QED) is 0.196. The summed E-state index contributed by atoms with van der Waals surface area (Å²) in [6.07, 6.45) is 9.47. The Morgan fingerprint density at radius 3 is 2.54 bits per heavy atom. The molecule has 0 bridgehead atoms. The van der Waals surface area contributed by atoms with E-state index in [0.29, 0.717) is 25.2 Å². The van der Waals surface area contributed by atoms with Gasteiger partial charge in [0.05, 0.1) is 49.2 Å². The number of carbonyl (C=O) groups is 2. The third-order valence-corrected chi connectivity index (χ3v) is 12.7. The normalized spacial score (nSPS) is 45.6. The zero-order valence-electron chi connectivity index (χ0n) is 27.9. The highest BCUT2D eigenvalue weighted by atomic mass is 16.6. The SMILES string of the molecule is CC=C(C(=O)OC1CC2C(O)C3C(=O)CC(CO)OC3C(C3CCCC(O)C3)C2OC1(C)CCC1CCC(N)NC1)C1CCCC1. The number of hydrogen-bond donors (Lipinski definition) is 5. The summed E-state index contributed by atoms with van der Waals surface area (Å²) < 4.78 is 20.1. The standard InChI is InChI=1S/C36H58N2O8/c1-3-25(21-7-4-5-8-21)35(43)45-28-17-26-32(42)31-27(41)16-24(19-39)44-34(31)30(22-9-6-10-23(40)15-22)33(26)46-36(28,2)14-13-20-11-12-29(37)38-18-20/h3,20-24,26,28-34,38-40,42H,4-19,37H2,1-2H3. The molecule has 3 saturated heterocycles. The lowest BCUT2D eigenvalue weighted by Gasteiger charge is -2.59. The summed E-state index contributed by atoms with van der Waals surface area (Å²) in [4.78, 5) is 27.4. The smallest absolute Gasteiger partial charge is 0.334 e. The van der Waals surface area contributed by atoms with Crippen molar-refractivity contribution in [1.82, 2.24) is 5.32 Å². The maximum atomic E-state index is 13.8. The number of hydrogen-bond acceptors (Lipinski definition) is 10. The van der Waals surface area contributed by atoms with E-state index in [1.807, 2.05) is 13.0 Å². The molecule has 13 atom stereocenters. The first-order valence-corrected chi connectivity index (χ1v) is 18.3. The number of ketones is 1. The van der Waals surface area contributed by atoms with Gasteiger partial charge in [0.25, 0.3) is 0 Å². The second-order valence-corrected chi connectivity index (χ2v) is 15.7. The van der Waals surface area contributed by atoms with Crippen LogP contribution in [-0.2, 0) is 23.8 Å². The molecular weight excluding hydrogens is 588 g/mol. The molecule has 0 aromatic rings. The lowest BCUT2D eigenvalue weighted by atomic mass is 9.58. The van der Waals surface area contributed by atoms with E-state index in [2.05, 4.69) is 12.2 Å². The number of nitrogens with one attached hydrogen (secondary N) is 1. The molecule has 13 unspecified atom stereocenters. The van der Waals surface area contributed by atoms with Crippen molar-refractivity contribution in [3.8, 4) is 0 Å². The largest absolute Gasteiger partial charge is 0.456 e. The van der Waals surface area contributed by atoms with E-state index in [-0.39, 0.29) is 48.7 Å². The minimum atomic E-state index is -1.02. The Labute approximate surface area is 274 Å². The molecule has 6 rings (SSSR count). The molecule has 0 aromatic carbocycles. The third-order valence-electron chi connectivity index (χ3n) is 12.7. The first-order valence-electron chi connectivity index (χ1n) is 18.3. The summed E-state index contributed by atoms with van der Waals surface area (Å²) in [5, 5.41) is 36.1. The van der Waals surface area contributed by atoms with Crippen LogP contribution in [0, 0.1) is 35.5 Å². The highest BCUT2D eigenvalue weighted by molar-refractivity contribution is 5.89. The highest BCUT2D eigenvalue weighted by Gasteiger charge is 2.62. The summed E-state index contributed by atoms with van der Waals surface area (Å²) in [6.45, 7) is 4.54. The fraction of sp³-hybridized carbons (Fsp3) is 0.889. The lowest BCUT2D eigenvalue weighted by molar-refractivity contribution is -0.292. The van der Waals surface area contributed by atoms with Crippen molar-refractivity contribution in [3.05, 3.63) is 11.6 Å². The number of rotatable bonds is 8. The van der Waals surface area contributed by atoms with Crippen molar-refractivity contribution in [1.29, 1.82) is 0 Å². The second kappa shape index (κ2) is 14.6. The van der Waals surface area contributed by atoms with Crippen LogP contribution in [0.5, 0.6) is 0 Å². The predicted octanol–water partition coefficient (Wildman–Crippen LogP) is 3.14. The van der Waals surface area contributed by atoms with Crippen LogP contribution in [0.3, 0.4) is 0 Å². The molecule has 0 aromatic heterocycles. The van der Waals surface area contributed by atoms with E-state index >= 15 is 0 Å². The summed E-state index contributed by atoms with van der Waals surface area (Å²) in [7, 11) is 0. The van der Waals surface area contributed by atoms with Crippen LogP contribution in [0.25, 0.3) is 0 Å². The second-order valence-electron chi connectivity index (χ2n) is 15.7. The molecule has 0 spiro atoms. The molecular formula is C36H58N2O8. The number of piperidine rings is 1. The van der Waals surface area contributed by atoms with Gasteiger partial charge in [-0.25, -0.2) is 4.79 Å². The highest BCUT2D eigenvalue weighted by Crippen LogP contribution is 2.54. The number of aliphatic hydroxyl groups is 3. The molecule has 0 radical (unpaired) electrons. The summed E-state index contributed by atoms with van der Waals surface area (Å²) in [6, 6.07) is 0. The number of allylic oxidation sites excluding steroid dienone is 1. The molecule has 0 amide bonds. The Morgan fingerprint density at radius 2 is 1.87 bits per heavy atom. The van der Waals surface area contributed by atoms with Crippen LogP contribution >= 0.6 is 0 Å². The molecule has 3 aliphatic heterocycles. The van der Waals surface area contributed by atoms with E-state index in [9.17, 15) is 24.9 Å². The minimum Gasteiger partial charge on any atom is -0.456 e. The van der Waals surface area contributed by atoms with Crippen molar-refractivity contribution in [2.45, 2.75) is 152 Å². The predicted molar refractivity (Wildman–Crippen MR) is 171 cm³/mol. The zero-order chi connectivity index (χ0) is 32.6. The maximum Gasteiger partial charge on any atom is 0.334 e. The maximum absolute atomic E-state index is 13.8. The van der Waals surface area contributed by atoms with Crippen molar-refractivity contribution < 1.29 is 39.1 Å². The number of nitrogens with two attached hydrogens (primary N) is 1. The third kappa shape index (κ3) is 7.00. The number of esters is 1. The van der Waals surface area contributed by atoms with E-state index in [4.69, 9.17) is 19.9 Å². The van der Waals surface area contributed by atoms with Gasteiger partial charge < -0.3 is 40.6 Å². The summed E-state index contributed by atoms with van der Waals surface area (Å²) in [5.41, 5.74) is 6.02. The molecule has 3 aliphatic carbocycles. The monoisotopic (exact) mass is 646 g/mol. The fourth-order valence-electron chi connectivity index (χ4n) is 10.1. The summed E-state index contributed by atoms with van der Waals surface area (Å²) in [5.74, 6) is -1.11. The lowest BCUT2D eigenvalue weighted by Crippen LogP contribution is -2.69. The van der Waals surface area contributed by atoms with Crippen LogP contribution in [0.1, 0.15) is 104 Å². The Bertz CT molecular complexity index is 1100. The van der Waals surface area contributed by atoms with Crippen molar-refractivity contribution in [2.75, 3.05) is 13.2 Å². The topological polar surface area (TPSA) is 161 Å². The number of carbonyl (C=O) groups excluding carboxylic acids is 2. The molecule has 3 heterocycles. The summed E-state index contributed by atoms with van der Waals surface area (Å²) >= 11 is 0. The van der Waals surface area contributed by atoms with Gasteiger partial charge in [-0.15, -0.1) is 0 Å². The Morgan fingerprint density at radius 1 is 1.09 bits per heavy atom. The van der Waals surface area contributed by atoms with E-state index in [1.54, 1.807) is 0 Å². The molecule has 6 aliphatic rings. The first kappa shape index (κ1) is 34.5. The number of aliphatic hydroxyl groups excluding tert-OH is 3. The van der Waals surface area contributed by atoms with Gasteiger partial charge in [0.1, 0.15) is 17.5 Å². The van der Waals surface area contributed by atoms with Crippen molar-refractivity contribution in [3.63, 3.8) is 0 Å². The van der Waals surface area contributed by atoms with Crippen LogP contribution in [-0.4, -0.2) is 88.6 Å². The van der Waals surface area contributed by atoms with Gasteiger partial charge in [-0.05, 0) is 102 Å². The molecule has 3 saturated carbocycles. The Balaban J connectivity index is 1.31. The minimum absolute atomic E-state index is 0.0197. The van der Waals surface area contributed by atoms with Gasteiger partial charge in [0.15, 0.2) is 0 Å². The van der Waals surface area contributed by atoms with Gasteiger partial charge >= 0.3 is 5.97 Å². The molecule has 10 nitrogen and oxygen atoms in total. The number of fused-ring (bicyclic) bond motifs is 2. The zero-order valence-corrected chi connectivity index (χ0v) is 27.9.